The number of nitrogens with two attached hydrogens (primary N) is 1. The van der Waals surface area contributed by atoms with Crippen LogP contribution in [-0.4, -0.2) is 12.1 Å². The molecule has 1 atom stereocenters. The van der Waals surface area contributed by atoms with Gasteiger partial charge in [0.15, 0.2) is 0 Å². The lowest BCUT2D eigenvalue weighted by atomic mass is 10.1. The molecule has 1 aromatic heterocycles. The van der Waals surface area contributed by atoms with Crippen LogP contribution >= 0.6 is 11.3 Å². The van der Waals surface area contributed by atoms with Crippen molar-refractivity contribution < 1.29 is 4.74 Å². The third-order valence-corrected chi connectivity index (χ3v) is 3.78. The van der Waals surface area contributed by atoms with Crippen LogP contribution in [0.3, 0.4) is 0 Å². The Labute approximate surface area is 112 Å². The quantitative estimate of drug-likeness (QED) is 0.918. The fourth-order valence-corrected chi connectivity index (χ4v) is 2.71. The van der Waals surface area contributed by atoms with E-state index in [1.54, 1.807) is 18.4 Å². The van der Waals surface area contributed by atoms with Crippen LogP contribution in [0.25, 0.3) is 10.6 Å². The van der Waals surface area contributed by atoms with Crippen molar-refractivity contribution in [1.29, 1.82) is 0 Å². The highest BCUT2D eigenvalue weighted by atomic mass is 32.1. The molecule has 2 rings (SSSR count). The van der Waals surface area contributed by atoms with Crippen molar-refractivity contribution in [1.82, 2.24) is 4.98 Å². The lowest BCUT2D eigenvalue weighted by Gasteiger charge is -2.08. The number of hydrogen-bond acceptors (Lipinski definition) is 4. The molecule has 4 heteroatoms. The maximum Gasteiger partial charge on any atom is 0.129 e. The molecule has 96 valence electrons. The maximum atomic E-state index is 5.84. The summed E-state index contributed by atoms with van der Waals surface area (Å²) in [5.74, 6) is 0.859. The minimum atomic E-state index is -0.0321. The number of benzene rings is 1. The molecule has 0 bridgehead atoms. The van der Waals surface area contributed by atoms with Crippen molar-refractivity contribution in [2.45, 2.75) is 26.3 Å². The Morgan fingerprint density at radius 2 is 2.22 bits per heavy atom. The molecule has 0 radical (unpaired) electrons. The fraction of sp³-hybridized carbons (Fsp3) is 0.357. The first-order valence-corrected chi connectivity index (χ1v) is 6.92. The van der Waals surface area contributed by atoms with Gasteiger partial charge in [-0.15, -0.1) is 11.3 Å². The number of methoxy groups -OCH3 is 1. The van der Waals surface area contributed by atoms with E-state index in [1.807, 2.05) is 18.4 Å². The Morgan fingerprint density at radius 3 is 2.78 bits per heavy atom. The van der Waals surface area contributed by atoms with Gasteiger partial charge in [-0.25, -0.2) is 4.98 Å². The molecule has 1 aromatic carbocycles. The monoisotopic (exact) mass is 262 g/mol. The van der Waals surface area contributed by atoms with Gasteiger partial charge in [0.05, 0.1) is 18.4 Å². The maximum absolute atomic E-state index is 5.84. The van der Waals surface area contributed by atoms with Gasteiger partial charge >= 0.3 is 0 Å². The standard InChI is InChI=1S/C14H18N2OS/c1-4-10-5-6-13(17-3)11(7-10)14-16-12(8-18-14)9(2)15/h5-9H,4,15H2,1-3H3. The van der Waals surface area contributed by atoms with E-state index in [1.165, 1.54) is 5.56 Å². The lowest BCUT2D eigenvalue weighted by Crippen LogP contribution is -2.04. The minimum absolute atomic E-state index is 0.0321. The summed E-state index contributed by atoms with van der Waals surface area (Å²) < 4.78 is 5.40. The first kappa shape index (κ1) is 13.1. The summed E-state index contributed by atoms with van der Waals surface area (Å²) in [6, 6.07) is 6.20. The Bertz CT molecular complexity index is 534. The summed E-state index contributed by atoms with van der Waals surface area (Å²) >= 11 is 1.61. The summed E-state index contributed by atoms with van der Waals surface area (Å²) in [5, 5.41) is 2.98. The molecule has 0 spiro atoms. The summed E-state index contributed by atoms with van der Waals surface area (Å²) in [5.41, 5.74) is 9.10. The van der Waals surface area contributed by atoms with Gasteiger partial charge in [-0.3, -0.25) is 0 Å². The predicted molar refractivity (Wildman–Crippen MR) is 76.1 cm³/mol. The molecule has 0 aliphatic heterocycles. The van der Waals surface area contributed by atoms with Gasteiger partial charge in [-0.2, -0.15) is 0 Å². The van der Waals surface area contributed by atoms with Gasteiger partial charge in [-0.1, -0.05) is 13.0 Å². The van der Waals surface area contributed by atoms with E-state index in [-0.39, 0.29) is 6.04 Å². The van der Waals surface area contributed by atoms with Gasteiger partial charge in [-0.05, 0) is 31.0 Å². The summed E-state index contributed by atoms with van der Waals surface area (Å²) in [4.78, 5) is 4.58. The second kappa shape index (κ2) is 5.50. The van der Waals surface area contributed by atoms with E-state index >= 15 is 0 Å². The molecule has 0 fully saturated rings. The van der Waals surface area contributed by atoms with Crippen LogP contribution in [0.15, 0.2) is 23.6 Å². The summed E-state index contributed by atoms with van der Waals surface area (Å²) in [7, 11) is 1.69. The highest BCUT2D eigenvalue weighted by Gasteiger charge is 2.12. The number of rotatable bonds is 4. The van der Waals surface area contributed by atoms with Crippen molar-refractivity contribution in [2.24, 2.45) is 5.73 Å². The van der Waals surface area contributed by atoms with Crippen LogP contribution in [0.1, 0.15) is 31.1 Å². The van der Waals surface area contributed by atoms with Crippen molar-refractivity contribution in [3.05, 3.63) is 34.8 Å². The molecular weight excluding hydrogens is 244 g/mol. The highest BCUT2D eigenvalue weighted by molar-refractivity contribution is 7.13. The van der Waals surface area contributed by atoms with Crippen LogP contribution in [0, 0.1) is 0 Å². The van der Waals surface area contributed by atoms with E-state index in [4.69, 9.17) is 10.5 Å². The van der Waals surface area contributed by atoms with Gasteiger partial charge in [0.25, 0.3) is 0 Å². The van der Waals surface area contributed by atoms with Crippen molar-refractivity contribution >= 4 is 11.3 Å². The second-order valence-electron chi connectivity index (χ2n) is 4.25. The molecule has 0 aliphatic rings. The van der Waals surface area contributed by atoms with Crippen LogP contribution in [0.2, 0.25) is 0 Å². The second-order valence-corrected chi connectivity index (χ2v) is 5.11. The van der Waals surface area contributed by atoms with Gasteiger partial charge in [0.1, 0.15) is 10.8 Å². The average Bonchev–Trinajstić information content (AvgIpc) is 2.87. The zero-order chi connectivity index (χ0) is 13.1. The summed E-state index contributed by atoms with van der Waals surface area (Å²) in [6.07, 6.45) is 1.00. The largest absolute Gasteiger partial charge is 0.496 e. The smallest absolute Gasteiger partial charge is 0.129 e. The topological polar surface area (TPSA) is 48.1 Å². The molecular formula is C14H18N2OS. The van der Waals surface area contributed by atoms with Crippen LogP contribution in [0.4, 0.5) is 0 Å². The predicted octanol–water partition coefficient (Wildman–Crippen LogP) is 3.40. The first-order chi connectivity index (χ1) is 8.65. The molecule has 1 heterocycles. The number of ether oxygens (including phenoxy) is 1. The molecule has 1 unspecified atom stereocenters. The van der Waals surface area contributed by atoms with Crippen LogP contribution < -0.4 is 10.5 Å². The molecule has 2 N–H and O–H groups in total. The van der Waals surface area contributed by atoms with E-state index in [9.17, 15) is 0 Å². The Hall–Kier alpha value is -1.39. The number of thiazole rings is 1. The third kappa shape index (κ3) is 2.54. The van der Waals surface area contributed by atoms with E-state index in [0.717, 1.165) is 28.4 Å². The van der Waals surface area contributed by atoms with Crippen LogP contribution in [0.5, 0.6) is 5.75 Å². The van der Waals surface area contributed by atoms with Gasteiger partial charge < -0.3 is 10.5 Å². The molecule has 3 nitrogen and oxygen atoms in total. The SMILES string of the molecule is CCc1ccc(OC)c(-c2nc(C(C)N)cs2)c1. The number of nitrogens with zero attached hydrogens (tertiary/aromatic N) is 1. The van der Waals surface area contributed by atoms with Crippen LogP contribution in [-0.2, 0) is 6.42 Å². The number of aryl methyl sites for hydroxylation is 1. The number of hydrogen-bond donors (Lipinski definition) is 1. The Kier molecular flexibility index (Phi) is 3.99. The fourth-order valence-electron chi connectivity index (χ4n) is 1.76. The van der Waals surface area contributed by atoms with E-state index in [2.05, 4.69) is 24.0 Å². The van der Waals surface area contributed by atoms with Crippen molar-refractivity contribution in [3.63, 3.8) is 0 Å². The van der Waals surface area contributed by atoms with E-state index < -0.39 is 0 Å². The van der Waals surface area contributed by atoms with E-state index in [0.29, 0.717) is 0 Å². The molecule has 0 saturated carbocycles. The number of aromatic nitrogens is 1. The molecule has 18 heavy (non-hydrogen) atoms. The summed E-state index contributed by atoms with van der Waals surface area (Å²) in [6.45, 7) is 4.08. The average molecular weight is 262 g/mol. The highest BCUT2D eigenvalue weighted by Crippen LogP contribution is 2.34. The molecule has 0 amide bonds. The third-order valence-electron chi connectivity index (χ3n) is 2.89. The first-order valence-electron chi connectivity index (χ1n) is 6.04. The van der Waals surface area contributed by atoms with Gasteiger partial charge in [0.2, 0.25) is 0 Å². The minimum Gasteiger partial charge on any atom is -0.496 e. The Balaban J connectivity index is 2.46. The zero-order valence-electron chi connectivity index (χ0n) is 10.9. The normalized spacial score (nSPS) is 12.4. The molecule has 0 aliphatic carbocycles. The lowest BCUT2D eigenvalue weighted by molar-refractivity contribution is 0.416. The Morgan fingerprint density at radius 1 is 1.44 bits per heavy atom. The molecule has 2 aromatic rings. The molecule has 0 saturated heterocycles. The van der Waals surface area contributed by atoms with Crippen molar-refractivity contribution in [2.75, 3.05) is 7.11 Å². The van der Waals surface area contributed by atoms with Gasteiger partial charge in [0, 0.05) is 11.4 Å². The zero-order valence-corrected chi connectivity index (χ0v) is 11.8. The van der Waals surface area contributed by atoms with Crippen molar-refractivity contribution in [3.8, 4) is 16.3 Å².